The maximum atomic E-state index is 11.1. The van der Waals surface area contributed by atoms with Gasteiger partial charge < -0.3 is 29.2 Å². The Hall–Kier alpha value is -2.12. The number of ether oxygens (including phenoxy) is 4. The molecule has 0 unspecified atom stereocenters. The van der Waals surface area contributed by atoms with Crippen molar-refractivity contribution >= 4 is 0 Å². The minimum absolute atomic E-state index is 0.248. The van der Waals surface area contributed by atoms with Gasteiger partial charge in [-0.1, -0.05) is 67.2 Å². The molecule has 0 aromatic heterocycles. The smallest absolute Gasteiger partial charge is 0.126 e. The maximum absolute atomic E-state index is 11.1. The number of hydrogen-bond donors (Lipinski definition) is 2. The summed E-state index contributed by atoms with van der Waals surface area (Å²) in [4.78, 5) is 0. The molecule has 0 aliphatic carbocycles. The van der Waals surface area contributed by atoms with Crippen LogP contribution < -0.4 is 0 Å². The molecule has 0 amide bonds. The van der Waals surface area contributed by atoms with Crippen molar-refractivity contribution in [3.63, 3.8) is 0 Å². The first kappa shape index (κ1) is 35.1. The van der Waals surface area contributed by atoms with Gasteiger partial charge in [0.05, 0.1) is 26.4 Å². The lowest BCUT2D eigenvalue weighted by atomic mass is 9.76. The van der Waals surface area contributed by atoms with Gasteiger partial charge in [-0.2, -0.15) is 0 Å². The molecule has 0 atom stereocenters. The summed E-state index contributed by atoms with van der Waals surface area (Å²) in [6, 6.07) is 8.22. The highest BCUT2D eigenvalue weighted by atomic mass is 16.5. The van der Waals surface area contributed by atoms with E-state index in [0.29, 0.717) is 52.9 Å². The SMILES string of the molecule is CCCCOCc1cc(C(C)(C)c2cc(COCCCC)c(O)c(COCCCC)c2)cc(COCCCC)c1O. The molecule has 6 heteroatoms. The van der Waals surface area contributed by atoms with E-state index < -0.39 is 5.41 Å². The second kappa shape index (κ2) is 19.1. The van der Waals surface area contributed by atoms with E-state index in [9.17, 15) is 10.2 Å². The number of phenolic OH excluding ortho intramolecular Hbond substituents is 2. The Morgan fingerprint density at radius 1 is 0.488 bits per heavy atom. The molecule has 0 saturated carbocycles. The van der Waals surface area contributed by atoms with Crippen LogP contribution in [0.2, 0.25) is 0 Å². The zero-order chi connectivity index (χ0) is 30.1. The summed E-state index contributed by atoms with van der Waals surface area (Å²) in [6.45, 7) is 16.9. The summed E-state index contributed by atoms with van der Waals surface area (Å²) in [5.41, 5.74) is 4.75. The average molecular weight is 573 g/mol. The van der Waals surface area contributed by atoms with E-state index in [2.05, 4.69) is 65.8 Å². The lowest BCUT2D eigenvalue weighted by Gasteiger charge is -2.29. The molecule has 0 spiro atoms. The molecule has 232 valence electrons. The van der Waals surface area contributed by atoms with Crippen molar-refractivity contribution in [2.45, 2.75) is 125 Å². The molecule has 2 aromatic rings. The third-order valence-corrected chi connectivity index (χ3v) is 7.58. The second-order valence-corrected chi connectivity index (χ2v) is 11.5. The van der Waals surface area contributed by atoms with Crippen molar-refractivity contribution in [2.24, 2.45) is 0 Å². The molecular weight excluding hydrogens is 516 g/mol. The Labute approximate surface area is 249 Å². The average Bonchev–Trinajstić information content (AvgIpc) is 2.96. The Morgan fingerprint density at radius 2 is 0.732 bits per heavy atom. The van der Waals surface area contributed by atoms with Crippen LogP contribution in [-0.4, -0.2) is 36.6 Å². The molecular formula is C35H56O6. The van der Waals surface area contributed by atoms with Crippen LogP contribution in [0.5, 0.6) is 11.5 Å². The molecule has 41 heavy (non-hydrogen) atoms. The fourth-order valence-corrected chi connectivity index (χ4v) is 4.56. The molecule has 0 saturated heterocycles. The van der Waals surface area contributed by atoms with E-state index >= 15 is 0 Å². The Bertz CT molecular complexity index is 870. The molecule has 0 fully saturated rings. The van der Waals surface area contributed by atoms with Crippen LogP contribution in [0.1, 0.15) is 126 Å². The van der Waals surface area contributed by atoms with Gasteiger partial charge >= 0.3 is 0 Å². The number of phenols is 2. The van der Waals surface area contributed by atoms with Gasteiger partial charge in [-0.15, -0.1) is 0 Å². The molecule has 2 N–H and O–H groups in total. The minimum Gasteiger partial charge on any atom is -0.507 e. The summed E-state index contributed by atoms with van der Waals surface area (Å²) in [5.74, 6) is 0.497. The van der Waals surface area contributed by atoms with Crippen LogP contribution in [-0.2, 0) is 50.8 Å². The number of benzene rings is 2. The normalized spacial score (nSPS) is 11.9. The fraction of sp³-hybridized carbons (Fsp3) is 0.657. The Morgan fingerprint density at radius 3 is 0.951 bits per heavy atom. The van der Waals surface area contributed by atoms with Crippen molar-refractivity contribution in [3.8, 4) is 11.5 Å². The van der Waals surface area contributed by atoms with Crippen LogP contribution in [0.15, 0.2) is 24.3 Å². The topological polar surface area (TPSA) is 77.4 Å². The molecule has 0 bridgehead atoms. The number of aromatic hydroxyl groups is 2. The Kier molecular flexibility index (Phi) is 16.4. The molecule has 0 aliphatic rings. The molecule has 2 aromatic carbocycles. The third-order valence-electron chi connectivity index (χ3n) is 7.58. The standard InChI is InChI=1S/C35H56O6/c1-7-11-15-38-23-27-19-31(20-28(33(27)36)24-39-16-12-8-2)35(5,6)32-21-29(25-40-17-13-9-3)34(37)30(22-32)26-41-18-14-10-4/h19-22,36-37H,7-18,23-26H2,1-6H3. The number of unbranched alkanes of at least 4 members (excludes halogenated alkanes) is 4. The minimum atomic E-state index is -0.436. The molecule has 0 heterocycles. The van der Waals surface area contributed by atoms with Gasteiger partial charge in [-0.25, -0.2) is 0 Å². The van der Waals surface area contributed by atoms with Crippen LogP contribution >= 0.6 is 0 Å². The van der Waals surface area contributed by atoms with E-state index in [1.54, 1.807) is 0 Å². The summed E-state index contributed by atoms with van der Waals surface area (Å²) >= 11 is 0. The van der Waals surface area contributed by atoms with E-state index in [4.69, 9.17) is 18.9 Å². The van der Waals surface area contributed by atoms with Crippen molar-refractivity contribution in [1.29, 1.82) is 0 Å². The van der Waals surface area contributed by atoms with Crippen LogP contribution in [0.25, 0.3) is 0 Å². The van der Waals surface area contributed by atoms with Gasteiger partial charge in [0.1, 0.15) is 11.5 Å². The van der Waals surface area contributed by atoms with Gasteiger partial charge in [0, 0.05) is 54.1 Å². The van der Waals surface area contributed by atoms with E-state index in [1.165, 1.54) is 0 Å². The predicted octanol–water partition coefficient (Wildman–Crippen LogP) is 8.69. The van der Waals surface area contributed by atoms with Gasteiger partial charge in [0.15, 0.2) is 0 Å². The van der Waals surface area contributed by atoms with E-state index in [-0.39, 0.29) is 11.5 Å². The van der Waals surface area contributed by atoms with Crippen LogP contribution in [0, 0.1) is 0 Å². The van der Waals surface area contributed by atoms with Crippen LogP contribution in [0.4, 0.5) is 0 Å². The van der Waals surface area contributed by atoms with Crippen molar-refractivity contribution in [2.75, 3.05) is 26.4 Å². The fourth-order valence-electron chi connectivity index (χ4n) is 4.56. The largest absolute Gasteiger partial charge is 0.507 e. The highest BCUT2D eigenvalue weighted by molar-refractivity contribution is 5.52. The second-order valence-electron chi connectivity index (χ2n) is 11.5. The zero-order valence-corrected chi connectivity index (χ0v) is 26.7. The first-order chi connectivity index (χ1) is 19.8. The number of hydrogen-bond acceptors (Lipinski definition) is 6. The molecule has 2 rings (SSSR count). The highest BCUT2D eigenvalue weighted by Crippen LogP contribution is 2.39. The summed E-state index contributed by atoms with van der Waals surface area (Å²) in [7, 11) is 0. The van der Waals surface area contributed by atoms with Gasteiger partial charge in [0.25, 0.3) is 0 Å². The van der Waals surface area contributed by atoms with Crippen molar-refractivity contribution in [3.05, 3.63) is 57.6 Å². The Balaban J connectivity index is 2.49. The zero-order valence-electron chi connectivity index (χ0n) is 26.7. The molecule has 0 aliphatic heterocycles. The lowest BCUT2D eigenvalue weighted by Crippen LogP contribution is -2.21. The van der Waals surface area contributed by atoms with Gasteiger partial charge in [0.2, 0.25) is 0 Å². The quantitative estimate of drug-likeness (QED) is 0.137. The highest BCUT2D eigenvalue weighted by Gasteiger charge is 2.28. The lowest BCUT2D eigenvalue weighted by molar-refractivity contribution is 0.110. The maximum Gasteiger partial charge on any atom is 0.126 e. The first-order valence-corrected chi connectivity index (χ1v) is 15.8. The first-order valence-electron chi connectivity index (χ1n) is 15.8. The van der Waals surface area contributed by atoms with Crippen molar-refractivity contribution < 1.29 is 29.2 Å². The van der Waals surface area contributed by atoms with Crippen LogP contribution in [0.3, 0.4) is 0 Å². The number of rotatable bonds is 22. The summed E-state index contributed by atoms with van der Waals surface area (Å²) in [5, 5.41) is 22.3. The van der Waals surface area contributed by atoms with Gasteiger partial charge in [-0.3, -0.25) is 0 Å². The molecule has 0 radical (unpaired) electrons. The van der Waals surface area contributed by atoms with Gasteiger partial charge in [-0.05, 0) is 61.1 Å². The third kappa shape index (κ3) is 11.2. The summed E-state index contributed by atoms with van der Waals surface area (Å²) < 4.78 is 23.7. The monoisotopic (exact) mass is 572 g/mol. The van der Waals surface area contributed by atoms with E-state index in [0.717, 1.165) is 84.7 Å². The predicted molar refractivity (Wildman–Crippen MR) is 167 cm³/mol. The van der Waals surface area contributed by atoms with Crippen molar-refractivity contribution in [1.82, 2.24) is 0 Å². The van der Waals surface area contributed by atoms with E-state index in [1.807, 2.05) is 0 Å². The summed E-state index contributed by atoms with van der Waals surface area (Å²) in [6.07, 6.45) is 8.18. The molecule has 6 nitrogen and oxygen atoms in total.